The molecular formula is C23H23IN2O8. The van der Waals surface area contributed by atoms with Crippen molar-refractivity contribution in [3.05, 3.63) is 49.0 Å². The fourth-order valence-electron chi connectivity index (χ4n) is 5.60. The number of ketones is 3. The van der Waals surface area contributed by atoms with Gasteiger partial charge in [0.15, 0.2) is 17.2 Å². The average Bonchev–Trinajstić information content (AvgIpc) is 2.72. The maximum Gasteiger partial charge on any atom is 0.255 e. The number of aromatic hydroxyl groups is 1. The van der Waals surface area contributed by atoms with Crippen molar-refractivity contribution in [1.29, 1.82) is 0 Å². The van der Waals surface area contributed by atoms with Gasteiger partial charge in [0.05, 0.1) is 15.2 Å². The number of amides is 1. The van der Waals surface area contributed by atoms with Crippen molar-refractivity contribution in [2.24, 2.45) is 17.6 Å². The molecule has 0 aromatic heterocycles. The van der Waals surface area contributed by atoms with Crippen molar-refractivity contribution < 1.29 is 39.6 Å². The van der Waals surface area contributed by atoms with Gasteiger partial charge in [0.2, 0.25) is 5.78 Å². The summed E-state index contributed by atoms with van der Waals surface area (Å²) < 4.78 is 0.256. The molecule has 1 amide bonds. The van der Waals surface area contributed by atoms with Gasteiger partial charge in [-0.05, 0) is 74.0 Å². The van der Waals surface area contributed by atoms with Crippen LogP contribution >= 0.6 is 22.6 Å². The van der Waals surface area contributed by atoms with Crippen molar-refractivity contribution in [1.82, 2.24) is 4.90 Å². The number of phenols is 1. The molecular weight excluding hydrogens is 559 g/mol. The number of benzene rings is 1. The lowest BCUT2D eigenvalue weighted by Gasteiger charge is -2.50. The Hall–Kier alpha value is -2.77. The zero-order valence-electron chi connectivity index (χ0n) is 18.5. The summed E-state index contributed by atoms with van der Waals surface area (Å²) in [6.07, 6.45) is 0.0454. The predicted octanol–water partition coefficient (Wildman–Crippen LogP) is 0.928. The third-order valence-corrected chi connectivity index (χ3v) is 7.88. The number of carbonyl (C=O) groups is 4. The fourth-order valence-corrected chi connectivity index (χ4v) is 6.18. The van der Waals surface area contributed by atoms with Gasteiger partial charge in [-0.3, -0.25) is 24.1 Å². The Morgan fingerprint density at radius 1 is 1.21 bits per heavy atom. The van der Waals surface area contributed by atoms with Gasteiger partial charge < -0.3 is 26.2 Å². The number of hydrogen-bond donors (Lipinski definition) is 5. The van der Waals surface area contributed by atoms with Gasteiger partial charge in [0, 0.05) is 17.1 Å². The standard InChI is InChI=1S/C23H23IN2O8/c1-7(27)9-6-12(24)17(28)14-10(9)4-8-5-11-16(26(2)3)19(30)15(22(25)33)21(32)23(11,34)20(31)13(8)18(14)29/h6,8,11,16,28,30-31,34H,4-5H2,1-3H3,(H2,25,33)/t8-,11+,16-,23+/m1/s1. The summed E-state index contributed by atoms with van der Waals surface area (Å²) in [5.74, 6) is -7.46. The van der Waals surface area contributed by atoms with Gasteiger partial charge in [-0.2, -0.15) is 0 Å². The third-order valence-electron chi connectivity index (χ3n) is 7.06. The molecule has 0 fully saturated rings. The summed E-state index contributed by atoms with van der Waals surface area (Å²) in [4.78, 5) is 52.5. The van der Waals surface area contributed by atoms with Crippen molar-refractivity contribution >= 4 is 45.8 Å². The Morgan fingerprint density at radius 2 is 1.82 bits per heavy atom. The minimum atomic E-state index is -2.69. The van der Waals surface area contributed by atoms with E-state index in [1.807, 2.05) is 0 Å². The number of Topliss-reactive ketones (excluding diaryl/α,β-unsaturated/α-hetero) is 3. The average molecular weight is 582 g/mol. The predicted molar refractivity (Wildman–Crippen MR) is 126 cm³/mol. The summed E-state index contributed by atoms with van der Waals surface area (Å²) >= 11 is 1.78. The number of aliphatic hydroxyl groups is 3. The normalized spacial score (nSPS) is 28.6. The third kappa shape index (κ3) is 3.06. The van der Waals surface area contributed by atoms with Crippen LogP contribution in [0.2, 0.25) is 0 Å². The van der Waals surface area contributed by atoms with E-state index in [4.69, 9.17) is 5.73 Å². The highest BCUT2D eigenvalue weighted by molar-refractivity contribution is 14.1. The number of nitrogens with zero attached hydrogens (tertiary/aromatic N) is 1. The summed E-state index contributed by atoms with van der Waals surface area (Å²) in [5.41, 5.74) is 1.91. The molecule has 180 valence electrons. The van der Waals surface area contributed by atoms with Crippen molar-refractivity contribution in [3.63, 3.8) is 0 Å². The van der Waals surface area contributed by atoms with Gasteiger partial charge >= 0.3 is 0 Å². The molecule has 10 nitrogen and oxygen atoms in total. The summed E-state index contributed by atoms with van der Waals surface area (Å²) in [7, 11) is 3.11. The van der Waals surface area contributed by atoms with Crippen LogP contribution in [0.4, 0.5) is 0 Å². The molecule has 0 heterocycles. The van der Waals surface area contributed by atoms with Crippen LogP contribution in [-0.2, 0) is 16.0 Å². The number of halogens is 1. The van der Waals surface area contributed by atoms with Crippen LogP contribution in [0.1, 0.15) is 39.6 Å². The lowest BCUT2D eigenvalue weighted by molar-refractivity contribution is -0.148. The van der Waals surface area contributed by atoms with Crippen LogP contribution in [0.5, 0.6) is 5.75 Å². The van der Waals surface area contributed by atoms with E-state index in [9.17, 15) is 39.6 Å². The number of nitrogens with two attached hydrogens (primary N) is 1. The summed E-state index contributed by atoms with van der Waals surface area (Å²) in [6, 6.07) is 0.418. The molecule has 3 aliphatic carbocycles. The molecule has 0 saturated carbocycles. The number of rotatable bonds is 3. The monoisotopic (exact) mass is 582 g/mol. The molecule has 3 aliphatic rings. The van der Waals surface area contributed by atoms with Gasteiger partial charge in [0.25, 0.3) is 5.91 Å². The van der Waals surface area contributed by atoms with E-state index in [0.717, 1.165) is 0 Å². The zero-order valence-corrected chi connectivity index (χ0v) is 20.7. The molecule has 6 N–H and O–H groups in total. The number of phenolic OH excluding ortho intramolecular Hbond substituents is 1. The molecule has 0 aliphatic heterocycles. The number of hydrogen-bond acceptors (Lipinski definition) is 9. The first kappa shape index (κ1) is 24.4. The minimum absolute atomic E-state index is 0.0319. The number of aliphatic hydroxyl groups excluding tert-OH is 2. The molecule has 0 unspecified atom stereocenters. The SMILES string of the molecule is CC(=O)c1cc(I)c(O)c2c1C[C@@H]1C[C@H]3[C@@H](N(C)C)C(O)=C(C(N)=O)C(=O)[C@@]3(O)C(O)=C1C2=O. The van der Waals surface area contributed by atoms with Crippen molar-refractivity contribution in [3.8, 4) is 5.75 Å². The van der Waals surface area contributed by atoms with Crippen molar-refractivity contribution in [2.75, 3.05) is 14.1 Å². The highest BCUT2D eigenvalue weighted by Crippen LogP contribution is 2.52. The largest absolute Gasteiger partial charge is 0.510 e. The number of allylic oxidation sites excluding steroid dienone is 1. The zero-order chi connectivity index (χ0) is 25.4. The minimum Gasteiger partial charge on any atom is -0.510 e. The quantitative estimate of drug-likeness (QED) is 0.197. The Labute approximate surface area is 207 Å². The number of likely N-dealkylation sites (N-methyl/N-ethyl adjacent to an activating group) is 1. The van der Waals surface area contributed by atoms with E-state index in [1.165, 1.54) is 17.9 Å². The van der Waals surface area contributed by atoms with Gasteiger partial charge in [-0.15, -0.1) is 0 Å². The van der Waals surface area contributed by atoms with Crippen LogP contribution in [0.25, 0.3) is 0 Å². The van der Waals surface area contributed by atoms with Crippen molar-refractivity contribution in [2.45, 2.75) is 31.4 Å². The Balaban J connectivity index is 2.00. The van der Waals surface area contributed by atoms with E-state index in [0.29, 0.717) is 5.56 Å². The second-order valence-corrected chi connectivity index (χ2v) is 10.3. The first-order chi connectivity index (χ1) is 15.7. The molecule has 0 spiro atoms. The molecule has 11 heteroatoms. The molecule has 34 heavy (non-hydrogen) atoms. The molecule has 1 aromatic rings. The Morgan fingerprint density at radius 3 is 2.35 bits per heavy atom. The lowest BCUT2D eigenvalue weighted by atomic mass is 9.58. The lowest BCUT2D eigenvalue weighted by Crippen LogP contribution is -2.63. The van der Waals surface area contributed by atoms with E-state index in [-0.39, 0.29) is 44.6 Å². The molecule has 4 atom stereocenters. The first-order valence-corrected chi connectivity index (χ1v) is 11.5. The highest BCUT2D eigenvalue weighted by atomic mass is 127. The summed E-state index contributed by atoms with van der Waals surface area (Å²) in [5, 5.41) is 44.1. The molecule has 4 rings (SSSR count). The van der Waals surface area contributed by atoms with Crippen LogP contribution in [-0.4, -0.2) is 74.3 Å². The van der Waals surface area contributed by atoms with Crippen LogP contribution in [0.3, 0.4) is 0 Å². The van der Waals surface area contributed by atoms with E-state index in [1.54, 1.807) is 36.7 Å². The molecule has 1 aromatic carbocycles. The second kappa shape index (κ2) is 7.89. The number of primary amides is 1. The number of fused-ring (bicyclic) bond motifs is 3. The van der Waals surface area contributed by atoms with Gasteiger partial charge in [0.1, 0.15) is 22.8 Å². The smallest absolute Gasteiger partial charge is 0.255 e. The number of carbonyl (C=O) groups excluding carboxylic acids is 4. The molecule has 0 radical (unpaired) electrons. The Bertz CT molecular complexity index is 1260. The van der Waals surface area contributed by atoms with E-state index >= 15 is 0 Å². The van der Waals surface area contributed by atoms with Crippen LogP contribution < -0.4 is 5.73 Å². The maximum atomic E-state index is 13.5. The highest BCUT2D eigenvalue weighted by Gasteiger charge is 2.63. The van der Waals surface area contributed by atoms with Gasteiger partial charge in [-0.1, -0.05) is 0 Å². The first-order valence-electron chi connectivity index (χ1n) is 10.4. The van der Waals surface area contributed by atoms with Gasteiger partial charge in [-0.25, -0.2) is 0 Å². The molecule has 0 saturated heterocycles. The van der Waals surface area contributed by atoms with E-state index in [2.05, 4.69) is 0 Å². The van der Waals surface area contributed by atoms with Crippen LogP contribution in [0, 0.1) is 15.4 Å². The summed E-state index contributed by atoms with van der Waals surface area (Å²) in [6.45, 7) is 1.34. The fraction of sp³-hybridized carbons (Fsp3) is 0.391. The van der Waals surface area contributed by atoms with E-state index < -0.39 is 58.0 Å². The Kier molecular flexibility index (Phi) is 5.65. The van der Waals surface area contributed by atoms with Crippen LogP contribution in [0.15, 0.2) is 28.7 Å². The topological polar surface area (TPSA) is 178 Å². The maximum absolute atomic E-state index is 13.5. The second-order valence-electron chi connectivity index (χ2n) is 9.13. The molecule has 0 bridgehead atoms.